The lowest BCUT2D eigenvalue weighted by atomic mass is 9.96. The van der Waals surface area contributed by atoms with Gasteiger partial charge in [0, 0.05) is 26.2 Å². The standard InChI is InChI=1S/C27H36N2O3.ClH/c1-20-6-8-21(9-7-20)10-13-28-12-4-5-22(18-28)19-29-14-11-23-15-25(31-2)26(32-3)16-24(23)17-27(29)30;/h6-9,15-16,22H,4-5,10-14,17-19H2,1-3H3;1H. The minimum Gasteiger partial charge on any atom is -0.493 e. The van der Waals surface area contributed by atoms with Crippen molar-refractivity contribution in [3.05, 3.63) is 58.7 Å². The third-order valence-electron chi connectivity index (χ3n) is 6.97. The fraction of sp³-hybridized carbons (Fsp3) is 0.519. The molecule has 1 atom stereocenters. The van der Waals surface area contributed by atoms with E-state index >= 15 is 0 Å². The Morgan fingerprint density at radius 1 is 1.00 bits per heavy atom. The third-order valence-corrected chi connectivity index (χ3v) is 6.97. The maximum atomic E-state index is 13.1. The zero-order chi connectivity index (χ0) is 22.5. The number of likely N-dealkylation sites (tertiary alicyclic amines) is 1. The molecule has 2 aliphatic heterocycles. The molecule has 4 rings (SSSR count). The SMILES string of the molecule is COc1cc2c(cc1OC)CC(=O)N(CC1CCCN(CCc3ccc(C)cc3)C1)CC2.Cl. The Hall–Kier alpha value is -2.24. The molecule has 0 aromatic heterocycles. The first-order chi connectivity index (χ1) is 15.6. The van der Waals surface area contributed by atoms with Gasteiger partial charge < -0.3 is 19.3 Å². The van der Waals surface area contributed by atoms with Crippen LogP contribution in [0, 0.1) is 12.8 Å². The van der Waals surface area contributed by atoms with Gasteiger partial charge in [-0.2, -0.15) is 0 Å². The quantitative estimate of drug-likeness (QED) is 0.602. The Morgan fingerprint density at radius 2 is 1.70 bits per heavy atom. The Labute approximate surface area is 204 Å². The van der Waals surface area contributed by atoms with E-state index in [0.717, 1.165) is 50.3 Å². The molecule has 1 saturated heterocycles. The zero-order valence-corrected chi connectivity index (χ0v) is 21.0. The maximum absolute atomic E-state index is 13.1. The third kappa shape index (κ3) is 6.42. The molecule has 0 N–H and O–H groups in total. The lowest BCUT2D eigenvalue weighted by Crippen LogP contribution is -2.44. The van der Waals surface area contributed by atoms with Crippen LogP contribution in [0.15, 0.2) is 36.4 Å². The number of fused-ring (bicyclic) bond motifs is 1. The molecule has 1 unspecified atom stereocenters. The molecule has 1 amide bonds. The van der Waals surface area contributed by atoms with Crippen LogP contribution in [0.2, 0.25) is 0 Å². The number of aryl methyl sites for hydroxylation is 1. The minimum absolute atomic E-state index is 0. The first kappa shape index (κ1) is 25.4. The van der Waals surface area contributed by atoms with Crippen LogP contribution < -0.4 is 9.47 Å². The molecule has 2 aromatic carbocycles. The zero-order valence-electron chi connectivity index (χ0n) is 20.1. The average Bonchev–Trinajstić information content (AvgIpc) is 2.96. The summed E-state index contributed by atoms with van der Waals surface area (Å²) in [7, 11) is 3.30. The second-order valence-corrected chi connectivity index (χ2v) is 9.29. The molecular formula is C27H37ClN2O3. The lowest BCUT2D eigenvalue weighted by molar-refractivity contribution is -0.131. The Bertz CT molecular complexity index is 932. The molecule has 2 aromatic rings. The van der Waals surface area contributed by atoms with Gasteiger partial charge >= 0.3 is 0 Å². The largest absolute Gasteiger partial charge is 0.493 e. The second-order valence-electron chi connectivity index (χ2n) is 9.29. The van der Waals surface area contributed by atoms with Crippen molar-refractivity contribution in [3.63, 3.8) is 0 Å². The van der Waals surface area contributed by atoms with E-state index in [2.05, 4.69) is 41.0 Å². The van der Waals surface area contributed by atoms with Crippen molar-refractivity contribution in [2.45, 2.75) is 39.0 Å². The molecule has 180 valence electrons. The van der Waals surface area contributed by atoms with Crippen molar-refractivity contribution in [1.82, 2.24) is 9.80 Å². The number of hydrogen-bond donors (Lipinski definition) is 0. The van der Waals surface area contributed by atoms with Gasteiger partial charge in [0.1, 0.15) is 0 Å². The summed E-state index contributed by atoms with van der Waals surface area (Å²) in [5.74, 6) is 2.22. The van der Waals surface area contributed by atoms with Crippen molar-refractivity contribution >= 4 is 18.3 Å². The van der Waals surface area contributed by atoms with Crippen molar-refractivity contribution < 1.29 is 14.3 Å². The van der Waals surface area contributed by atoms with Crippen LogP contribution in [0.5, 0.6) is 11.5 Å². The van der Waals surface area contributed by atoms with Crippen molar-refractivity contribution in [2.24, 2.45) is 5.92 Å². The van der Waals surface area contributed by atoms with E-state index in [9.17, 15) is 4.79 Å². The molecular weight excluding hydrogens is 436 g/mol. The van der Waals surface area contributed by atoms with E-state index in [1.165, 1.54) is 36.1 Å². The first-order valence-electron chi connectivity index (χ1n) is 11.8. The van der Waals surface area contributed by atoms with Gasteiger partial charge in [-0.05, 0) is 73.9 Å². The summed E-state index contributed by atoms with van der Waals surface area (Å²) < 4.78 is 10.9. The number of carbonyl (C=O) groups excluding carboxylic acids is 1. The highest BCUT2D eigenvalue weighted by Crippen LogP contribution is 2.32. The molecule has 0 saturated carbocycles. The molecule has 2 heterocycles. The summed E-state index contributed by atoms with van der Waals surface area (Å²) in [6, 6.07) is 12.9. The van der Waals surface area contributed by atoms with E-state index in [1.807, 2.05) is 12.1 Å². The number of carbonyl (C=O) groups is 1. The van der Waals surface area contributed by atoms with Crippen molar-refractivity contribution in [2.75, 3.05) is 46.9 Å². The minimum atomic E-state index is 0. The number of ether oxygens (including phenoxy) is 2. The van der Waals surface area contributed by atoms with Gasteiger partial charge in [0.2, 0.25) is 5.91 Å². The number of methoxy groups -OCH3 is 2. The Kier molecular flexibility index (Phi) is 9.04. The highest BCUT2D eigenvalue weighted by Gasteiger charge is 2.27. The number of benzene rings is 2. The van der Waals surface area contributed by atoms with Gasteiger partial charge in [-0.3, -0.25) is 4.79 Å². The fourth-order valence-corrected chi connectivity index (χ4v) is 5.07. The van der Waals surface area contributed by atoms with Crippen LogP contribution in [0.4, 0.5) is 0 Å². The topological polar surface area (TPSA) is 42.0 Å². The summed E-state index contributed by atoms with van der Waals surface area (Å²) in [6.45, 7) is 7.13. The molecule has 0 spiro atoms. The fourth-order valence-electron chi connectivity index (χ4n) is 5.07. The summed E-state index contributed by atoms with van der Waals surface area (Å²) in [5, 5.41) is 0. The van der Waals surface area contributed by atoms with Crippen molar-refractivity contribution in [3.8, 4) is 11.5 Å². The molecule has 2 aliphatic rings. The van der Waals surface area contributed by atoms with E-state index in [1.54, 1.807) is 14.2 Å². The molecule has 0 bridgehead atoms. The normalized spacial score (nSPS) is 18.8. The molecule has 33 heavy (non-hydrogen) atoms. The Balaban J connectivity index is 0.00000306. The van der Waals surface area contributed by atoms with Crippen LogP contribution in [-0.4, -0.2) is 62.7 Å². The highest BCUT2D eigenvalue weighted by atomic mass is 35.5. The number of piperidine rings is 1. The smallest absolute Gasteiger partial charge is 0.227 e. The number of rotatable bonds is 7. The van der Waals surface area contributed by atoms with Gasteiger partial charge in [-0.15, -0.1) is 12.4 Å². The number of halogens is 1. The van der Waals surface area contributed by atoms with E-state index in [-0.39, 0.29) is 18.3 Å². The molecule has 1 fully saturated rings. The monoisotopic (exact) mass is 472 g/mol. The van der Waals surface area contributed by atoms with E-state index in [4.69, 9.17) is 9.47 Å². The van der Waals surface area contributed by atoms with Gasteiger partial charge in [0.25, 0.3) is 0 Å². The number of hydrogen-bond acceptors (Lipinski definition) is 4. The van der Waals surface area contributed by atoms with Crippen LogP contribution in [0.1, 0.15) is 35.1 Å². The molecule has 0 radical (unpaired) electrons. The number of nitrogens with zero attached hydrogens (tertiary/aromatic N) is 2. The van der Waals surface area contributed by atoms with Crippen LogP contribution in [0.25, 0.3) is 0 Å². The van der Waals surface area contributed by atoms with Gasteiger partial charge in [0.15, 0.2) is 11.5 Å². The molecule has 0 aliphatic carbocycles. The van der Waals surface area contributed by atoms with Crippen molar-refractivity contribution in [1.29, 1.82) is 0 Å². The van der Waals surface area contributed by atoms with Crippen LogP contribution in [0.3, 0.4) is 0 Å². The lowest BCUT2D eigenvalue weighted by Gasteiger charge is -2.35. The molecule has 6 heteroatoms. The van der Waals surface area contributed by atoms with E-state index in [0.29, 0.717) is 18.1 Å². The summed E-state index contributed by atoms with van der Waals surface area (Å²) in [4.78, 5) is 17.7. The first-order valence-corrected chi connectivity index (χ1v) is 11.8. The van der Waals surface area contributed by atoms with Crippen LogP contribution >= 0.6 is 12.4 Å². The van der Waals surface area contributed by atoms with Gasteiger partial charge in [0.05, 0.1) is 20.6 Å². The summed E-state index contributed by atoms with van der Waals surface area (Å²) in [5.41, 5.74) is 4.98. The average molecular weight is 473 g/mol. The van der Waals surface area contributed by atoms with E-state index < -0.39 is 0 Å². The predicted molar refractivity (Wildman–Crippen MR) is 135 cm³/mol. The van der Waals surface area contributed by atoms with Crippen LogP contribution in [-0.2, 0) is 24.1 Å². The second kappa shape index (κ2) is 11.8. The summed E-state index contributed by atoms with van der Waals surface area (Å²) >= 11 is 0. The highest BCUT2D eigenvalue weighted by molar-refractivity contribution is 5.85. The number of amides is 1. The predicted octanol–water partition coefficient (Wildman–Crippen LogP) is 4.32. The maximum Gasteiger partial charge on any atom is 0.227 e. The van der Waals surface area contributed by atoms with Gasteiger partial charge in [-0.25, -0.2) is 0 Å². The summed E-state index contributed by atoms with van der Waals surface area (Å²) in [6.07, 6.45) is 4.83. The molecule has 5 nitrogen and oxygen atoms in total. The van der Waals surface area contributed by atoms with Gasteiger partial charge in [-0.1, -0.05) is 29.8 Å². The Morgan fingerprint density at radius 3 is 2.39 bits per heavy atom.